The van der Waals surface area contributed by atoms with Crippen LogP contribution >= 0.6 is 23.4 Å². The number of halogens is 1. The normalized spacial score (nSPS) is 18.1. The number of benzene rings is 2. The number of rotatable bonds is 5. The molecule has 2 aromatic rings. The topological polar surface area (TPSA) is 74.1 Å². The Labute approximate surface area is 197 Å². The number of hydrogen-bond donors (Lipinski definition) is 1. The molecule has 2 heterocycles. The van der Waals surface area contributed by atoms with Crippen molar-refractivity contribution in [3.63, 3.8) is 0 Å². The minimum Gasteiger partial charge on any atom is -0.325 e. The van der Waals surface area contributed by atoms with Crippen molar-refractivity contribution in [2.45, 2.75) is 45.4 Å². The lowest BCUT2D eigenvalue weighted by molar-refractivity contribution is -0.125. The average Bonchev–Trinajstić information content (AvgIpc) is 3.12. The summed E-state index contributed by atoms with van der Waals surface area (Å²) in [5.41, 5.74) is 3.17. The van der Waals surface area contributed by atoms with Gasteiger partial charge in [-0.1, -0.05) is 62.3 Å². The number of anilines is 1. The number of para-hydroxylation sites is 1. The van der Waals surface area contributed by atoms with E-state index in [-0.39, 0.29) is 17.7 Å². The molecule has 2 aliphatic heterocycles. The number of aryl methyl sites for hydroxylation is 1. The summed E-state index contributed by atoms with van der Waals surface area (Å²) in [6, 6.07) is 12.6. The molecule has 1 N–H and O–H groups in total. The lowest BCUT2D eigenvalue weighted by Gasteiger charge is -2.27. The van der Waals surface area contributed by atoms with Crippen LogP contribution in [0.5, 0.6) is 0 Å². The fourth-order valence-corrected chi connectivity index (χ4v) is 4.83. The van der Waals surface area contributed by atoms with E-state index < -0.39 is 11.3 Å². The van der Waals surface area contributed by atoms with Crippen LogP contribution in [0.2, 0.25) is 5.02 Å². The molecule has 2 aromatic carbocycles. The van der Waals surface area contributed by atoms with E-state index in [9.17, 15) is 9.59 Å². The number of carbonyl (C=O) groups excluding carboxylic acids is 2. The lowest BCUT2D eigenvalue weighted by atomic mass is 10.1. The molecule has 2 amide bonds. The molecule has 0 fully saturated rings. The van der Waals surface area contributed by atoms with Crippen LogP contribution in [0.1, 0.15) is 38.3 Å². The minimum absolute atomic E-state index is 0.0653. The molecule has 0 aromatic heterocycles. The van der Waals surface area contributed by atoms with Crippen LogP contribution in [0.25, 0.3) is 0 Å². The maximum Gasteiger partial charge on any atom is 0.259 e. The highest BCUT2D eigenvalue weighted by Gasteiger charge is 2.43. The van der Waals surface area contributed by atoms with Gasteiger partial charge in [0.15, 0.2) is 5.17 Å². The number of amides is 2. The van der Waals surface area contributed by atoms with Gasteiger partial charge in [-0.3, -0.25) is 14.6 Å². The third kappa shape index (κ3) is 4.19. The molecule has 8 heteroatoms. The summed E-state index contributed by atoms with van der Waals surface area (Å²) in [4.78, 5) is 37.3. The van der Waals surface area contributed by atoms with Crippen molar-refractivity contribution in [1.82, 2.24) is 4.90 Å². The van der Waals surface area contributed by atoms with Gasteiger partial charge in [-0.25, -0.2) is 9.89 Å². The zero-order chi connectivity index (χ0) is 23.0. The second-order valence-electron chi connectivity index (χ2n) is 8.19. The number of fused-ring (bicyclic) bond motifs is 3. The van der Waals surface area contributed by atoms with E-state index in [0.29, 0.717) is 28.1 Å². The van der Waals surface area contributed by atoms with Crippen molar-refractivity contribution in [2.24, 2.45) is 15.9 Å². The van der Waals surface area contributed by atoms with Crippen molar-refractivity contribution in [2.75, 3.05) is 5.32 Å². The van der Waals surface area contributed by atoms with Crippen LogP contribution in [0.15, 0.2) is 52.4 Å². The van der Waals surface area contributed by atoms with Gasteiger partial charge < -0.3 is 5.32 Å². The van der Waals surface area contributed by atoms with Crippen molar-refractivity contribution in [1.29, 1.82) is 0 Å². The molecular weight excluding hydrogens is 444 g/mol. The maximum atomic E-state index is 13.2. The number of nitrogens with zero attached hydrogens (tertiary/aromatic N) is 3. The third-order valence-corrected chi connectivity index (χ3v) is 7.20. The summed E-state index contributed by atoms with van der Waals surface area (Å²) in [5, 5.41) is 3.58. The Balaban J connectivity index is 1.62. The van der Waals surface area contributed by atoms with E-state index in [1.807, 2.05) is 64.1 Å². The first-order valence-corrected chi connectivity index (χ1v) is 11.9. The van der Waals surface area contributed by atoms with E-state index in [4.69, 9.17) is 21.6 Å². The summed E-state index contributed by atoms with van der Waals surface area (Å²) < 4.78 is 0. The first-order valence-electron chi connectivity index (χ1n) is 10.6. The zero-order valence-electron chi connectivity index (χ0n) is 18.4. The maximum absolute atomic E-state index is 13.2. The third-order valence-electron chi connectivity index (χ3n) is 5.48. The van der Waals surface area contributed by atoms with Gasteiger partial charge in [-0.05, 0) is 49.1 Å². The molecular formula is C24H25ClN4O2S. The number of carbonyl (C=O) groups is 2. The largest absolute Gasteiger partial charge is 0.325 e. The number of aliphatic imine (C=N–C) groups is 2. The molecule has 0 aliphatic carbocycles. The van der Waals surface area contributed by atoms with Gasteiger partial charge in [0, 0.05) is 16.3 Å². The summed E-state index contributed by atoms with van der Waals surface area (Å²) in [5.74, 6) is 0.416. The fourth-order valence-electron chi connectivity index (χ4n) is 3.63. The Morgan fingerprint density at radius 2 is 2.00 bits per heavy atom. The summed E-state index contributed by atoms with van der Waals surface area (Å²) in [6.45, 7) is 7.81. The van der Waals surface area contributed by atoms with Crippen molar-refractivity contribution in [3.05, 3.63) is 58.6 Å². The highest BCUT2D eigenvalue weighted by atomic mass is 35.5. The predicted octanol–water partition coefficient (Wildman–Crippen LogP) is 5.41. The first kappa shape index (κ1) is 22.6. The second-order valence-corrected chi connectivity index (χ2v) is 9.77. The standard InChI is InChI=1S/C24H25ClN4O2S/c1-5-19(22(30)26-15-11-10-14(4)17(25)12-15)32-24-27-18-9-7-6-8-16(18)21-28-20(13(2)3)23(31)29(21)24/h6-13,19-20H,5H2,1-4H3,(H,26,30)/t19-,20+/m1/s1. The van der Waals surface area contributed by atoms with Crippen LogP contribution in [-0.4, -0.2) is 39.0 Å². The van der Waals surface area contributed by atoms with E-state index >= 15 is 0 Å². The van der Waals surface area contributed by atoms with Gasteiger partial charge in [0.05, 0.1) is 10.9 Å². The van der Waals surface area contributed by atoms with E-state index in [0.717, 1.165) is 16.8 Å². The Morgan fingerprint density at radius 3 is 2.69 bits per heavy atom. The van der Waals surface area contributed by atoms with Crippen LogP contribution in [0, 0.1) is 12.8 Å². The molecule has 2 atom stereocenters. The highest BCUT2D eigenvalue weighted by molar-refractivity contribution is 8.15. The number of thioether (sulfide) groups is 1. The van der Waals surface area contributed by atoms with Gasteiger partial charge in [0.25, 0.3) is 5.91 Å². The average molecular weight is 469 g/mol. The van der Waals surface area contributed by atoms with E-state index in [2.05, 4.69) is 5.32 Å². The molecule has 0 saturated carbocycles. The van der Waals surface area contributed by atoms with E-state index in [1.54, 1.807) is 11.0 Å². The Bertz CT molecular complexity index is 1140. The van der Waals surface area contributed by atoms with Crippen LogP contribution in [0.4, 0.5) is 11.4 Å². The van der Waals surface area contributed by atoms with Crippen molar-refractivity contribution >= 4 is 57.6 Å². The fraction of sp³-hybridized carbons (Fsp3) is 0.333. The number of hydrogen-bond acceptors (Lipinski definition) is 5. The molecule has 32 heavy (non-hydrogen) atoms. The van der Waals surface area contributed by atoms with Crippen LogP contribution in [-0.2, 0) is 9.59 Å². The van der Waals surface area contributed by atoms with Gasteiger partial charge in [-0.15, -0.1) is 0 Å². The van der Waals surface area contributed by atoms with Crippen molar-refractivity contribution < 1.29 is 9.59 Å². The molecule has 0 bridgehead atoms. The Hall–Kier alpha value is -2.64. The lowest BCUT2D eigenvalue weighted by Crippen LogP contribution is -2.43. The molecule has 0 radical (unpaired) electrons. The van der Waals surface area contributed by atoms with Crippen LogP contribution in [0.3, 0.4) is 0 Å². The van der Waals surface area contributed by atoms with E-state index in [1.165, 1.54) is 11.8 Å². The van der Waals surface area contributed by atoms with Gasteiger partial charge in [0.2, 0.25) is 5.91 Å². The quantitative estimate of drug-likeness (QED) is 0.637. The molecule has 166 valence electrons. The summed E-state index contributed by atoms with van der Waals surface area (Å²) in [7, 11) is 0. The Kier molecular flexibility index (Phi) is 6.40. The molecule has 0 saturated heterocycles. The number of nitrogens with one attached hydrogen (secondary N) is 1. The predicted molar refractivity (Wildman–Crippen MR) is 132 cm³/mol. The second kappa shape index (κ2) is 9.08. The molecule has 0 spiro atoms. The van der Waals surface area contributed by atoms with Gasteiger partial charge in [0.1, 0.15) is 11.9 Å². The van der Waals surface area contributed by atoms with Gasteiger partial charge >= 0.3 is 0 Å². The van der Waals surface area contributed by atoms with Crippen LogP contribution < -0.4 is 5.32 Å². The molecule has 2 aliphatic rings. The Morgan fingerprint density at radius 1 is 1.25 bits per heavy atom. The zero-order valence-corrected chi connectivity index (χ0v) is 20.0. The highest BCUT2D eigenvalue weighted by Crippen LogP contribution is 2.36. The number of amidine groups is 2. The summed E-state index contributed by atoms with van der Waals surface area (Å²) >= 11 is 7.48. The molecule has 0 unspecified atom stereocenters. The molecule has 4 rings (SSSR count). The van der Waals surface area contributed by atoms with Gasteiger partial charge in [-0.2, -0.15) is 0 Å². The SMILES string of the molecule is CC[C@@H](SC1=Nc2ccccc2C2=N[C@@H](C(C)C)C(=O)N12)C(=O)Nc1ccc(C)c(Cl)c1. The smallest absolute Gasteiger partial charge is 0.259 e. The monoisotopic (exact) mass is 468 g/mol. The first-order chi connectivity index (χ1) is 15.3. The molecule has 6 nitrogen and oxygen atoms in total. The minimum atomic E-state index is -0.453. The van der Waals surface area contributed by atoms with Crippen molar-refractivity contribution in [3.8, 4) is 0 Å². The summed E-state index contributed by atoms with van der Waals surface area (Å²) in [6.07, 6.45) is 0.568.